The Kier molecular flexibility index (Phi) is 5.69. The number of pyridine rings is 1. The average molecular weight is 426 g/mol. The molecular weight excluding hydrogens is 402 g/mol. The molecule has 2 aromatic carbocycles. The molecule has 0 spiro atoms. The Morgan fingerprint density at radius 3 is 2.50 bits per heavy atom. The number of carbonyl (C=O) groups excluding carboxylic acids is 1. The van der Waals surface area contributed by atoms with E-state index in [4.69, 9.17) is 4.74 Å². The van der Waals surface area contributed by atoms with Crippen molar-refractivity contribution in [3.05, 3.63) is 60.8 Å². The number of hydrogen-bond donors (Lipinski definition) is 1. The molecule has 1 aliphatic heterocycles. The molecule has 3 aromatic rings. The van der Waals surface area contributed by atoms with Crippen LogP contribution in [0.4, 0.5) is 5.69 Å². The molecule has 1 aromatic heterocycles. The number of para-hydroxylation sites is 1. The summed E-state index contributed by atoms with van der Waals surface area (Å²) in [6.07, 6.45) is 2.56. The Balaban J connectivity index is 1.51. The van der Waals surface area contributed by atoms with E-state index in [1.54, 1.807) is 30.5 Å². The Morgan fingerprint density at radius 1 is 1.07 bits per heavy atom. The Hall–Kier alpha value is -2.97. The number of carbonyl (C=O) groups is 1. The number of sulfonamides is 1. The zero-order valence-corrected chi connectivity index (χ0v) is 17.4. The van der Waals surface area contributed by atoms with Gasteiger partial charge in [0, 0.05) is 36.3 Å². The summed E-state index contributed by atoms with van der Waals surface area (Å²) in [5, 5.41) is 3.43. The highest BCUT2D eigenvalue weighted by atomic mass is 32.2. The van der Waals surface area contributed by atoms with Crippen LogP contribution in [0.1, 0.15) is 12.8 Å². The fraction of sp³-hybridized carbons (Fsp3) is 0.273. The van der Waals surface area contributed by atoms with Gasteiger partial charge in [-0.2, -0.15) is 4.31 Å². The summed E-state index contributed by atoms with van der Waals surface area (Å²) in [7, 11) is -2.18. The maximum Gasteiger partial charge on any atom is 0.243 e. The van der Waals surface area contributed by atoms with E-state index in [-0.39, 0.29) is 16.7 Å². The number of rotatable bonds is 5. The van der Waals surface area contributed by atoms with Crippen LogP contribution in [0.2, 0.25) is 0 Å². The number of hydrogen-bond acceptors (Lipinski definition) is 5. The third-order valence-corrected chi connectivity index (χ3v) is 7.35. The second-order valence-electron chi connectivity index (χ2n) is 7.20. The highest BCUT2D eigenvalue weighted by molar-refractivity contribution is 7.89. The van der Waals surface area contributed by atoms with E-state index in [9.17, 15) is 13.2 Å². The predicted molar refractivity (Wildman–Crippen MR) is 115 cm³/mol. The van der Waals surface area contributed by atoms with E-state index in [0.717, 1.165) is 5.69 Å². The fourth-order valence-corrected chi connectivity index (χ4v) is 5.43. The van der Waals surface area contributed by atoms with Crippen LogP contribution >= 0.6 is 0 Å². The van der Waals surface area contributed by atoms with Crippen molar-refractivity contribution in [1.29, 1.82) is 0 Å². The molecule has 30 heavy (non-hydrogen) atoms. The second-order valence-corrected chi connectivity index (χ2v) is 9.11. The summed E-state index contributed by atoms with van der Waals surface area (Å²) in [5.41, 5.74) is 1.26. The molecule has 8 heteroatoms. The molecule has 1 fully saturated rings. The summed E-state index contributed by atoms with van der Waals surface area (Å²) in [6, 6.07) is 15.9. The first-order chi connectivity index (χ1) is 14.5. The standard InChI is InChI=1S/C22H23N3O4S/c1-29-19-9-10-20(18-8-5-13-23-21(18)19)30(27,28)25-14-11-16(12-15-25)22(26)24-17-6-3-2-4-7-17/h2-10,13,16H,11-12,14-15H2,1H3,(H,24,26). The van der Waals surface area contributed by atoms with E-state index >= 15 is 0 Å². The molecule has 156 valence electrons. The Bertz CT molecular complexity index is 1160. The highest BCUT2D eigenvalue weighted by Gasteiger charge is 2.33. The molecule has 7 nitrogen and oxygen atoms in total. The van der Waals surface area contributed by atoms with Crippen molar-refractivity contribution < 1.29 is 17.9 Å². The molecule has 0 unspecified atom stereocenters. The average Bonchev–Trinajstić information content (AvgIpc) is 2.79. The minimum atomic E-state index is -3.72. The van der Waals surface area contributed by atoms with Crippen molar-refractivity contribution in [3.63, 3.8) is 0 Å². The predicted octanol–water partition coefficient (Wildman–Crippen LogP) is 3.28. The lowest BCUT2D eigenvalue weighted by Gasteiger charge is -2.30. The lowest BCUT2D eigenvalue weighted by Crippen LogP contribution is -2.41. The van der Waals surface area contributed by atoms with Gasteiger partial charge in [0.2, 0.25) is 15.9 Å². The van der Waals surface area contributed by atoms with E-state index in [0.29, 0.717) is 42.6 Å². The van der Waals surface area contributed by atoms with Crippen LogP contribution in [-0.2, 0) is 14.8 Å². The minimum absolute atomic E-state index is 0.0719. The quantitative estimate of drug-likeness (QED) is 0.678. The van der Waals surface area contributed by atoms with Crippen LogP contribution in [0.5, 0.6) is 5.75 Å². The maximum absolute atomic E-state index is 13.3. The number of benzene rings is 2. The van der Waals surface area contributed by atoms with Crippen molar-refractivity contribution in [2.24, 2.45) is 5.92 Å². The van der Waals surface area contributed by atoms with Crippen LogP contribution in [0.15, 0.2) is 65.7 Å². The molecule has 1 amide bonds. The van der Waals surface area contributed by atoms with Crippen molar-refractivity contribution in [2.75, 3.05) is 25.5 Å². The molecule has 0 radical (unpaired) electrons. The number of piperidine rings is 1. The summed E-state index contributed by atoms with van der Waals surface area (Å²) in [4.78, 5) is 17.0. The number of fused-ring (bicyclic) bond motifs is 1. The van der Waals surface area contributed by atoms with Crippen LogP contribution in [-0.4, -0.2) is 43.8 Å². The monoisotopic (exact) mass is 425 g/mol. The van der Waals surface area contributed by atoms with Crippen LogP contribution in [0.3, 0.4) is 0 Å². The van der Waals surface area contributed by atoms with Gasteiger partial charge in [0.25, 0.3) is 0 Å². The molecule has 2 heterocycles. The third-order valence-electron chi connectivity index (χ3n) is 5.40. The summed E-state index contributed by atoms with van der Waals surface area (Å²) in [6.45, 7) is 0.589. The molecule has 4 rings (SSSR count). The van der Waals surface area contributed by atoms with Gasteiger partial charge < -0.3 is 10.1 Å². The SMILES string of the molecule is COc1ccc(S(=O)(=O)N2CCC(C(=O)Nc3ccccc3)CC2)c2cccnc12. The first-order valence-electron chi connectivity index (χ1n) is 9.78. The number of aromatic nitrogens is 1. The largest absolute Gasteiger partial charge is 0.494 e. The molecule has 0 atom stereocenters. The first-order valence-corrected chi connectivity index (χ1v) is 11.2. The van der Waals surface area contributed by atoms with Crippen molar-refractivity contribution >= 4 is 32.5 Å². The molecule has 0 bridgehead atoms. The van der Waals surface area contributed by atoms with Gasteiger partial charge in [0.05, 0.1) is 12.0 Å². The Labute approximate surface area is 175 Å². The maximum atomic E-state index is 13.3. The third kappa shape index (κ3) is 3.88. The van der Waals surface area contributed by atoms with Gasteiger partial charge >= 0.3 is 0 Å². The number of nitrogens with one attached hydrogen (secondary N) is 1. The zero-order chi connectivity index (χ0) is 21.1. The zero-order valence-electron chi connectivity index (χ0n) is 16.6. The normalized spacial score (nSPS) is 15.8. The van der Waals surface area contributed by atoms with Gasteiger partial charge in [-0.1, -0.05) is 18.2 Å². The molecule has 0 saturated carbocycles. The smallest absolute Gasteiger partial charge is 0.243 e. The second kappa shape index (κ2) is 8.41. The van der Waals surface area contributed by atoms with Crippen LogP contribution < -0.4 is 10.1 Å². The topological polar surface area (TPSA) is 88.6 Å². The molecular formula is C22H23N3O4S. The number of amides is 1. The van der Waals surface area contributed by atoms with E-state index in [1.807, 2.05) is 30.3 Å². The van der Waals surface area contributed by atoms with Gasteiger partial charge in [-0.3, -0.25) is 9.78 Å². The van der Waals surface area contributed by atoms with E-state index in [1.165, 1.54) is 11.4 Å². The molecule has 0 aliphatic carbocycles. The van der Waals surface area contributed by atoms with Gasteiger partial charge in [-0.25, -0.2) is 8.42 Å². The van der Waals surface area contributed by atoms with Gasteiger partial charge in [-0.05, 0) is 49.2 Å². The summed E-state index contributed by atoms with van der Waals surface area (Å²) < 4.78 is 33.4. The van der Waals surface area contributed by atoms with E-state index in [2.05, 4.69) is 10.3 Å². The first kappa shape index (κ1) is 20.3. The van der Waals surface area contributed by atoms with Crippen molar-refractivity contribution in [1.82, 2.24) is 9.29 Å². The lowest BCUT2D eigenvalue weighted by atomic mass is 9.97. The van der Waals surface area contributed by atoms with Gasteiger partial charge in [0.15, 0.2) is 0 Å². The number of nitrogens with zero attached hydrogens (tertiary/aromatic N) is 2. The number of ether oxygens (including phenoxy) is 1. The summed E-state index contributed by atoms with van der Waals surface area (Å²) in [5.74, 6) is 0.240. The molecule has 1 aliphatic rings. The van der Waals surface area contributed by atoms with Gasteiger partial charge in [-0.15, -0.1) is 0 Å². The van der Waals surface area contributed by atoms with Crippen molar-refractivity contribution in [2.45, 2.75) is 17.7 Å². The van der Waals surface area contributed by atoms with Crippen LogP contribution in [0.25, 0.3) is 10.9 Å². The molecule has 1 saturated heterocycles. The van der Waals surface area contributed by atoms with E-state index < -0.39 is 10.0 Å². The van der Waals surface area contributed by atoms with Crippen LogP contribution in [0, 0.1) is 5.92 Å². The molecule has 1 N–H and O–H groups in total. The Morgan fingerprint density at radius 2 is 1.80 bits per heavy atom. The number of anilines is 1. The van der Waals surface area contributed by atoms with Gasteiger partial charge in [0.1, 0.15) is 11.3 Å². The lowest BCUT2D eigenvalue weighted by molar-refractivity contribution is -0.120. The highest BCUT2D eigenvalue weighted by Crippen LogP contribution is 2.32. The minimum Gasteiger partial charge on any atom is -0.494 e. The van der Waals surface area contributed by atoms with Crippen molar-refractivity contribution in [3.8, 4) is 5.75 Å². The fourth-order valence-electron chi connectivity index (χ4n) is 3.77. The summed E-state index contributed by atoms with van der Waals surface area (Å²) >= 11 is 0. The number of methoxy groups -OCH3 is 1.